The summed E-state index contributed by atoms with van der Waals surface area (Å²) < 4.78 is 5.46. The maximum Gasteiger partial charge on any atom is 0.119 e. The predicted octanol–water partition coefficient (Wildman–Crippen LogP) is 5.29. The number of halogens is 1. The monoisotopic (exact) mass is 278 g/mol. The largest absolute Gasteiger partial charge is 0.494 e. The topological polar surface area (TPSA) is 9.23 Å². The third-order valence-electron chi connectivity index (χ3n) is 3.83. The van der Waals surface area contributed by atoms with Gasteiger partial charge >= 0.3 is 0 Å². The third kappa shape index (κ3) is 4.28. The second kappa shape index (κ2) is 7.59. The summed E-state index contributed by atoms with van der Waals surface area (Å²) in [5, 5.41) is 0. The van der Waals surface area contributed by atoms with Gasteiger partial charge in [-0.25, -0.2) is 0 Å². The van der Waals surface area contributed by atoms with Crippen LogP contribution in [0.1, 0.15) is 44.6 Å². The summed E-state index contributed by atoms with van der Waals surface area (Å²) >= 11 is 6.14. The molecule has 0 unspecified atom stereocenters. The Morgan fingerprint density at radius 2 is 1.89 bits per heavy atom. The highest BCUT2D eigenvalue weighted by atomic mass is 35.5. The molecule has 104 valence electrons. The first-order valence-electron chi connectivity index (χ1n) is 7.32. The van der Waals surface area contributed by atoms with Gasteiger partial charge in [-0.05, 0) is 43.4 Å². The molecule has 1 fully saturated rings. The summed E-state index contributed by atoms with van der Waals surface area (Å²) in [5.74, 6) is 2.28. The number of alkyl halides is 1. The third-order valence-corrected chi connectivity index (χ3v) is 4.14. The molecule has 0 radical (unpaired) electrons. The molecule has 2 heteroatoms. The summed E-state index contributed by atoms with van der Waals surface area (Å²) in [4.78, 5) is 0. The molecule has 1 aliphatic rings. The van der Waals surface area contributed by atoms with Gasteiger partial charge in [-0.3, -0.25) is 0 Å². The van der Waals surface area contributed by atoms with Gasteiger partial charge in [0.1, 0.15) is 5.75 Å². The molecule has 0 heterocycles. The van der Waals surface area contributed by atoms with Crippen LogP contribution in [0.2, 0.25) is 0 Å². The average Bonchev–Trinajstić information content (AvgIpc) is 2.48. The molecule has 0 amide bonds. The molecule has 1 aromatic carbocycles. The number of allylic oxidation sites excluding steroid dienone is 1. The van der Waals surface area contributed by atoms with Crippen molar-refractivity contribution in [1.82, 2.24) is 0 Å². The SMILES string of the molecule is CCOc1ccc(C=C(CCl)C2CCCCC2)cc1. The zero-order valence-corrected chi connectivity index (χ0v) is 12.5. The zero-order chi connectivity index (χ0) is 13.5. The lowest BCUT2D eigenvalue weighted by Gasteiger charge is -2.23. The standard InChI is InChI=1S/C17H23ClO/c1-2-19-17-10-8-14(9-11-17)12-16(13-18)15-6-4-3-5-7-15/h8-12,15H,2-7,13H2,1H3. The fraction of sp³-hybridized carbons (Fsp3) is 0.529. The molecule has 0 bridgehead atoms. The van der Waals surface area contributed by atoms with Crippen LogP contribution in [0, 0.1) is 5.92 Å². The number of hydrogen-bond acceptors (Lipinski definition) is 1. The van der Waals surface area contributed by atoms with E-state index in [9.17, 15) is 0 Å². The van der Waals surface area contributed by atoms with Crippen LogP contribution in [-0.2, 0) is 0 Å². The second-order valence-corrected chi connectivity index (χ2v) is 5.46. The van der Waals surface area contributed by atoms with Gasteiger partial charge in [-0.1, -0.05) is 43.0 Å². The van der Waals surface area contributed by atoms with Crippen molar-refractivity contribution in [2.45, 2.75) is 39.0 Å². The lowest BCUT2D eigenvalue weighted by atomic mass is 9.84. The van der Waals surface area contributed by atoms with Crippen molar-refractivity contribution < 1.29 is 4.74 Å². The highest BCUT2D eigenvalue weighted by Gasteiger charge is 2.16. The van der Waals surface area contributed by atoms with Crippen molar-refractivity contribution in [1.29, 1.82) is 0 Å². The van der Waals surface area contributed by atoms with E-state index in [0.29, 0.717) is 18.4 Å². The van der Waals surface area contributed by atoms with Gasteiger partial charge in [0, 0.05) is 5.88 Å². The molecule has 0 atom stereocenters. The molecule has 1 aliphatic carbocycles. The van der Waals surface area contributed by atoms with Crippen LogP contribution in [0.3, 0.4) is 0 Å². The smallest absolute Gasteiger partial charge is 0.119 e. The second-order valence-electron chi connectivity index (χ2n) is 5.19. The van der Waals surface area contributed by atoms with Crippen molar-refractivity contribution in [3.05, 3.63) is 35.4 Å². The molecular weight excluding hydrogens is 256 g/mol. The van der Waals surface area contributed by atoms with E-state index in [1.165, 1.54) is 43.2 Å². The maximum absolute atomic E-state index is 6.14. The minimum atomic E-state index is 0.651. The molecule has 2 rings (SSSR count). The van der Waals surface area contributed by atoms with Crippen LogP contribution in [0.25, 0.3) is 6.08 Å². The van der Waals surface area contributed by atoms with Gasteiger partial charge in [0.15, 0.2) is 0 Å². The Morgan fingerprint density at radius 3 is 2.47 bits per heavy atom. The summed E-state index contributed by atoms with van der Waals surface area (Å²) in [6.45, 7) is 2.71. The molecule has 1 saturated carbocycles. The summed E-state index contributed by atoms with van der Waals surface area (Å²) in [5.41, 5.74) is 2.62. The van der Waals surface area contributed by atoms with E-state index in [0.717, 1.165) is 5.75 Å². The van der Waals surface area contributed by atoms with Crippen molar-refractivity contribution in [2.24, 2.45) is 5.92 Å². The maximum atomic E-state index is 6.14. The molecule has 0 spiro atoms. The number of rotatable bonds is 5. The van der Waals surface area contributed by atoms with Crippen LogP contribution < -0.4 is 4.74 Å². The Balaban J connectivity index is 2.07. The van der Waals surface area contributed by atoms with Gasteiger partial charge in [0.25, 0.3) is 0 Å². The normalized spacial score (nSPS) is 17.5. The molecule has 0 aromatic heterocycles. The first-order chi connectivity index (χ1) is 9.33. The van der Waals surface area contributed by atoms with Gasteiger partial charge < -0.3 is 4.74 Å². The van der Waals surface area contributed by atoms with E-state index in [1.54, 1.807) is 0 Å². The number of hydrogen-bond donors (Lipinski definition) is 0. The molecular formula is C17H23ClO. The fourth-order valence-corrected chi connectivity index (χ4v) is 3.08. The zero-order valence-electron chi connectivity index (χ0n) is 11.7. The summed E-state index contributed by atoms with van der Waals surface area (Å²) in [6.07, 6.45) is 8.95. The fourth-order valence-electron chi connectivity index (χ4n) is 2.78. The Bertz CT molecular complexity index is 402. The molecule has 0 aliphatic heterocycles. The molecule has 1 aromatic rings. The van der Waals surface area contributed by atoms with Crippen LogP contribution in [-0.4, -0.2) is 12.5 Å². The molecule has 0 saturated heterocycles. The van der Waals surface area contributed by atoms with E-state index in [4.69, 9.17) is 16.3 Å². The lowest BCUT2D eigenvalue weighted by Crippen LogP contribution is -2.10. The van der Waals surface area contributed by atoms with Crippen molar-refractivity contribution in [2.75, 3.05) is 12.5 Å². The molecule has 0 N–H and O–H groups in total. The molecule has 1 nitrogen and oxygen atoms in total. The van der Waals surface area contributed by atoms with Crippen LogP contribution in [0.15, 0.2) is 29.8 Å². The van der Waals surface area contributed by atoms with E-state index in [-0.39, 0.29) is 0 Å². The van der Waals surface area contributed by atoms with E-state index in [1.807, 2.05) is 19.1 Å². The Kier molecular flexibility index (Phi) is 5.78. The minimum absolute atomic E-state index is 0.651. The van der Waals surface area contributed by atoms with Crippen LogP contribution in [0.4, 0.5) is 0 Å². The average molecular weight is 279 g/mol. The van der Waals surface area contributed by atoms with Gasteiger partial charge in [0.05, 0.1) is 6.61 Å². The number of benzene rings is 1. The lowest BCUT2D eigenvalue weighted by molar-refractivity contribution is 0.340. The van der Waals surface area contributed by atoms with Gasteiger partial charge in [-0.15, -0.1) is 11.6 Å². The quantitative estimate of drug-likeness (QED) is 0.665. The predicted molar refractivity (Wildman–Crippen MR) is 82.9 cm³/mol. The minimum Gasteiger partial charge on any atom is -0.494 e. The Labute approximate surface area is 121 Å². The first-order valence-corrected chi connectivity index (χ1v) is 7.86. The Morgan fingerprint density at radius 1 is 1.21 bits per heavy atom. The van der Waals surface area contributed by atoms with Crippen LogP contribution >= 0.6 is 11.6 Å². The van der Waals surface area contributed by atoms with Gasteiger partial charge in [0.2, 0.25) is 0 Å². The summed E-state index contributed by atoms with van der Waals surface area (Å²) in [6, 6.07) is 8.28. The van der Waals surface area contributed by atoms with Crippen LogP contribution in [0.5, 0.6) is 5.75 Å². The summed E-state index contributed by atoms with van der Waals surface area (Å²) in [7, 11) is 0. The molecule has 19 heavy (non-hydrogen) atoms. The van der Waals surface area contributed by atoms with Crippen molar-refractivity contribution in [3.63, 3.8) is 0 Å². The highest BCUT2D eigenvalue weighted by molar-refractivity contribution is 6.19. The van der Waals surface area contributed by atoms with Gasteiger partial charge in [-0.2, -0.15) is 0 Å². The van der Waals surface area contributed by atoms with E-state index < -0.39 is 0 Å². The van der Waals surface area contributed by atoms with E-state index >= 15 is 0 Å². The van der Waals surface area contributed by atoms with E-state index in [2.05, 4.69) is 18.2 Å². The van der Waals surface area contributed by atoms with Crippen molar-refractivity contribution >= 4 is 17.7 Å². The number of ether oxygens (including phenoxy) is 1. The highest BCUT2D eigenvalue weighted by Crippen LogP contribution is 2.31. The Hall–Kier alpha value is -0.950. The van der Waals surface area contributed by atoms with Crippen molar-refractivity contribution in [3.8, 4) is 5.75 Å². The first kappa shape index (κ1) is 14.5.